The zero-order valence-electron chi connectivity index (χ0n) is 30.6. The third kappa shape index (κ3) is 8.99. The fraction of sp³-hybridized carbons (Fsp3) is 0.429. The summed E-state index contributed by atoms with van der Waals surface area (Å²) < 4.78 is 10.9. The molecule has 0 atom stereocenters. The third-order valence-corrected chi connectivity index (χ3v) is 10.3. The average Bonchev–Trinajstić information content (AvgIpc) is 3.40. The van der Waals surface area contributed by atoms with Gasteiger partial charge in [-0.1, -0.05) is 110 Å². The molecule has 1 radical (unpaired) electrons. The van der Waals surface area contributed by atoms with Gasteiger partial charge in [0.2, 0.25) is 0 Å². The molecule has 0 saturated carbocycles. The van der Waals surface area contributed by atoms with Gasteiger partial charge in [0.05, 0.1) is 7.13 Å². The predicted octanol–water partition coefficient (Wildman–Crippen LogP) is 12.4. The van der Waals surface area contributed by atoms with Crippen LogP contribution in [-0.4, -0.2) is 15.9 Å². The molecule has 3 nitrogen and oxygen atoms in total. The van der Waals surface area contributed by atoms with Crippen molar-refractivity contribution in [3.63, 3.8) is 0 Å². The van der Waals surface area contributed by atoms with Crippen molar-refractivity contribution in [3.05, 3.63) is 89.8 Å². The van der Waals surface area contributed by atoms with Crippen molar-refractivity contribution >= 4 is 48.1 Å². The SMILES string of the molecule is CCC(CC)C(=O)/C=C(\O)C(CC)CC.[2H]c1cc2c(sc3c(CC(C)C)cccc32)c(-c2[c-]c3ccccc3c(C(C)(C)C)c2)n1.[Ir]. The molecule has 3 aromatic carbocycles. The number of carbonyl (C=O) groups is 1. The van der Waals surface area contributed by atoms with Crippen LogP contribution in [0.4, 0.5) is 0 Å². The van der Waals surface area contributed by atoms with Crippen molar-refractivity contribution in [2.24, 2.45) is 17.8 Å². The number of hydrogen-bond donors (Lipinski definition) is 1. The number of fused-ring (bicyclic) bond motifs is 4. The Morgan fingerprint density at radius 2 is 1.53 bits per heavy atom. The Morgan fingerprint density at radius 3 is 2.15 bits per heavy atom. The van der Waals surface area contributed by atoms with Gasteiger partial charge in [0.1, 0.15) is 0 Å². The van der Waals surface area contributed by atoms with Crippen LogP contribution in [0.3, 0.4) is 0 Å². The molecule has 0 spiro atoms. The van der Waals surface area contributed by atoms with E-state index in [1.807, 2.05) is 45.1 Å². The van der Waals surface area contributed by atoms with E-state index in [2.05, 4.69) is 89.2 Å². The van der Waals surface area contributed by atoms with Crippen LogP contribution in [0, 0.1) is 23.8 Å². The van der Waals surface area contributed by atoms with Crippen LogP contribution in [0.15, 0.2) is 72.6 Å². The van der Waals surface area contributed by atoms with Crippen molar-refractivity contribution in [2.75, 3.05) is 0 Å². The van der Waals surface area contributed by atoms with Crippen LogP contribution in [0.1, 0.15) is 100 Å². The van der Waals surface area contributed by atoms with E-state index in [0.717, 1.165) is 58.8 Å². The molecule has 1 N–H and O–H groups in total. The number of ketones is 1. The number of nitrogens with zero attached hydrogens (tertiary/aromatic N) is 1. The number of thiophene rings is 1. The van der Waals surface area contributed by atoms with E-state index in [-0.39, 0.29) is 48.9 Å². The van der Waals surface area contributed by atoms with Gasteiger partial charge >= 0.3 is 0 Å². The molecule has 0 saturated heterocycles. The van der Waals surface area contributed by atoms with E-state index in [1.54, 1.807) is 0 Å². The van der Waals surface area contributed by atoms with Crippen LogP contribution in [0.5, 0.6) is 0 Å². The number of aliphatic hydroxyl groups excluding tert-OH is 1. The first-order valence-electron chi connectivity index (χ1n) is 17.5. The number of hydrogen-bond acceptors (Lipinski definition) is 4. The molecular weight excluding hydrogens is 775 g/mol. The first-order valence-corrected chi connectivity index (χ1v) is 17.9. The smallest absolute Gasteiger partial charge is 0.162 e. The summed E-state index contributed by atoms with van der Waals surface area (Å²) in [7, 11) is 0. The maximum atomic E-state index is 11.7. The van der Waals surface area contributed by atoms with Crippen LogP contribution in [-0.2, 0) is 36.7 Å². The van der Waals surface area contributed by atoms with Gasteiger partial charge in [-0.25, -0.2) is 0 Å². The van der Waals surface area contributed by atoms with E-state index in [4.69, 9.17) is 6.35 Å². The minimum absolute atomic E-state index is 0. The summed E-state index contributed by atoms with van der Waals surface area (Å²) in [6.07, 6.45) is 6.26. The summed E-state index contributed by atoms with van der Waals surface area (Å²) in [5.74, 6) is 1.14. The van der Waals surface area contributed by atoms with Crippen LogP contribution in [0.25, 0.3) is 42.2 Å². The largest absolute Gasteiger partial charge is 0.512 e. The van der Waals surface area contributed by atoms with Gasteiger partial charge in [-0.3, -0.25) is 9.78 Å². The second-order valence-electron chi connectivity index (χ2n) is 13.9. The molecule has 0 aliphatic carbocycles. The maximum absolute atomic E-state index is 11.7. The zero-order valence-corrected chi connectivity index (χ0v) is 32.8. The van der Waals surface area contributed by atoms with E-state index >= 15 is 0 Å². The predicted molar refractivity (Wildman–Crippen MR) is 200 cm³/mol. The van der Waals surface area contributed by atoms with Crippen molar-refractivity contribution < 1.29 is 31.4 Å². The first kappa shape index (κ1) is 37.0. The Morgan fingerprint density at radius 1 is 0.915 bits per heavy atom. The number of benzene rings is 3. The topological polar surface area (TPSA) is 50.2 Å². The summed E-state index contributed by atoms with van der Waals surface area (Å²) >= 11 is 1.81. The minimum Gasteiger partial charge on any atom is -0.512 e. The van der Waals surface area contributed by atoms with Gasteiger partial charge in [-0.05, 0) is 60.5 Å². The standard InChI is InChI=1S/C29H28NS.C13H24O2.Ir/c1-18(2)15-20-10-8-12-23-24-13-14-30-26(28(24)31-27(20)23)21-16-19-9-6-7-11-22(19)25(17-21)29(3,4)5;1-5-10(6-2)12(14)9-13(15)11(7-3)8-4;/h6-14,17-18H,15H2,1-5H3;9-11,14H,5-8H2,1-4H3;/q-1;;/b;12-9-;/i14D;;. The Hall–Kier alpha value is -2.85. The molecule has 0 fully saturated rings. The molecule has 0 unspecified atom stereocenters. The van der Waals surface area contributed by atoms with Gasteiger partial charge in [0.25, 0.3) is 0 Å². The Balaban J connectivity index is 0.000000334. The molecule has 5 aromatic rings. The summed E-state index contributed by atoms with van der Waals surface area (Å²) in [4.78, 5) is 16.4. The normalized spacial score (nSPS) is 12.5. The molecule has 0 aliphatic rings. The minimum atomic E-state index is -0.00819. The third-order valence-electron chi connectivity index (χ3n) is 8.98. The van der Waals surface area contributed by atoms with E-state index < -0.39 is 0 Å². The molecule has 5 heteroatoms. The molecule has 253 valence electrons. The maximum Gasteiger partial charge on any atom is 0.162 e. The van der Waals surface area contributed by atoms with Crippen LogP contribution < -0.4 is 0 Å². The zero-order chi connectivity index (χ0) is 34.5. The quantitative estimate of drug-likeness (QED) is 0.0867. The van der Waals surface area contributed by atoms with Crippen molar-refractivity contribution in [1.82, 2.24) is 4.98 Å². The number of aliphatic hydroxyl groups is 1. The van der Waals surface area contributed by atoms with Gasteiger partial charge in [0, 0.05) is 64.7 Å². The second-order valence-corrected chi connectivity index (χ2v) is 14.9. The Kier molecular flexibility index (Phi) is 13.4. The van der Waals surface area contributed by atoms with E-state index in [9.17, 15) is 9.90 Å². The summed E-state index contributed by atoms with van der Waals surface area (Å²) in [5, 5.41) is 14.5. The Bertz CT molecular complexity index is 1880. The molecular formula is C42H52IrNO2S-. The molecule has 5 rings (SSSR count). The second kappa shape index (κ2) is 17.0. The molecule has 2 heterocycles. The van der Waals surface area contributed by atoms with Crippen molar-refractivity contribution in [1.29, 1.82) is 0 Å². The van der Waals surface area contributed by atoms with Crippen LogP contribution in [0.2, 0.25) is 0 Å². The molecule has 0 bridgehead atoms. The summed E-state index contributed by atoms with van der Waals surface area (Å²) in [5.41, 5.74) is 4.51. The molecule has 2 aromatic heterocycles. The average molecular weight is 828 g/mol. The monoisotopic (exact) mass is 828 g/mol. The van der Waals surface area contributed by atoms with Crippen LogP contribution >= 0.6 is 11.3 Å². The first-order chi connectivity index (χ1) is 22.3. The number of allylic oxidation sites excluding steroid dienone is 2. The van der Waals surface area contributed by atoms with Gasteiger partial charge in [-0.2, -0.15) is 0 Å². The van der Waals surface area contributed by atoms with Crippen molar-refractivity contribution in [3.8, 4) is 11.3 Å². The fourth-order valence-electron chi connectivity index (χ4n) is 6.27. The number of rotatable bonds is 10. The molecule has 0 amide bonds. The molecule has 47 heavy (non-hydrogen) atoms. The summed E-state index contributed by atoms with van der Waals surface area (Å²) in [6.45, 7) is 19.3. The summed E-state index contributed by atoms with van der Waals surface area (Å²) in [6, 6.07) is 22.8. The number of aromatic nitrogens is 1. The molecule has 0 aliphatic heterocycles. The van der Waals surface area contributed by atoms with Gasteiger partial charge in [0.15, 0.2) is 5.78 Å². The Labute approximate surface area is 301 Å². The fourth-order valence-corrected chi connectivity index (χ4v) is 7.57. The van der Waals surface area contributed by atoms with Gasteiger partial charge in [-0.15, -0.1) is 40.5 Å². The van der Waals surface area contributed by atoms with Crippen molar-refractivity contribution in [2.45, 2.75) is 99.8 Å². The number of carbonyl (C=O) groups excluding carboxylic acids is 1. The van der Waals surface area contributed by atoms with E-state index in [0.29, 0.717) is 12.1 Å². The van der Waals surface area contributed by atoms with Gasteiger partial charge < -0.3 is 5.11 Å². The van der Waals surface area contributed by atoms with E-state index in [1.165, 1.54) is 32.7 Å². The number of pyridine rings is 1.